The van der Waals surface area contributed by atoms with E-state index in [-0.39, 0.29) is 25.2 Å². The molecular formula is C11H22N2O4S. The fraction of sp³-hybridized carbons (Fsp3) is 0.818. The van der Waals surface area contributed by atoms with E-state index in [2.05, 4.69) is 0 Å². The Bertz CT molecular complexity index is 276. The van der Waals surface area contributed by atoms with Crippen LogP contribution in [-0.4, -0.2) is 78.8 Å². The number of hydrogen-bond acceptors (Lipinski definition) is 4. The molecule has 0 saturated carbocycles. The van der Waals surface area contributed by atoms with Crippen LogP contribution in [-0.2, 0) is 9.53 Å². The molecule has 0 aliphatic rings. The molecule has 7 heteroatoms. The van der Waals surface area contributed by atoms with E-state index in [1.54, 1.807) is 23.7 Å². The quantitative estimate of drug-likeness (QED) is 0.712. The number of thioether (sulfide) groups is 1. The van der Waals surface area contributed by atoms with Gasteiger partial charge in [0.05, 0.1) is 6.61 Å². The van der Waals surface area contributed by atoms with Gasteiger partial charge in [0.1, 0.15) is 6.54 Å². The predicted molar refractivity (Wildman–Crippen MR) is 72.1 cm³/mol. The lowest BCUT2D eigenvalue weighted by atomic mass is 10.3. The van der Waals surface area contributed by atoms with E-state index in [4.69, 9.17) is 9.84 Å². The summed E-state index contributed by atoms with van der Waals surface area (Å²) in [5.41, 5.74) is 0. The maximum absolute atomic E-state index is 12.1. The fourth-order valence-corrected chi connectivity index (χ4v) is 2.08. The van der Waals surface area contributed by atoms with Crippen molar-refractivity contribution in [1.29, 1.82) is 0 Å². The first-order valence-corrected chi connectivity index (χ1v) is 7.04. The Hall–Kier alpha value is -0.950. The van der Waals surface area contributed by atoms with E-state index in [1.165, 1.54) is 12.0 Å². The van der Waals surface area contributed by atoms with Gasteiger partial charge in [0.15, 0.2) is 0 Å². The van der Waals surface area contributed by atoms with Crippen molar-refractivity contribution >= 4 is 23.8 Å². The number of hydrogen-bond donors (Lipinski definition) is 1. The van der Waals surface area contributed by atoms with Gasteiger partial charge in [-0.2, -0.15) is 11.8 Å². The minimum absolute atomic E-state index is 0.0614. The third kappa shape index (κ3) is 6.11. The molecule has 0 bridgehead atoms. The molecule has 0 spiro atoms. The summed E-state index contributed by atoms with van der Waals surface area (Å²) in [7, 11) is 3.20. The van der Waals surface area contributed by atoms with Crippen LogP contribution in [0.3, 0.4) is 0 Å². The van der Waals surface area contributed by atoms with Crippen molar-refractivity contribution in [1.82, 2.24) is 9.80 Å². The highest BCUT2D eigenvalue weighted by Crippen LogP contribution is 2.07. The third-order valence-corrected chi connectivity index (χ3v) is 3.35. The summed E-state index contributed by atoms with van der Waals surface area (Å²) in [5, 5.41) is 8.80. The molecule has 0 fully saturated rings. The Balaban J connectivity index is 4.55. The van der Waals surface area contributed by atoms with Gasteiger partial charge >= 0.3 is 12.0 Å². The van der Waals surface area contributed by atoms with Crippen LogP contribution in [0.5, 0.6) is 0 Å². The molecule has 0 rings (SSSR count). The molecule has 2 amide bonds. The van der Waals surface area contributed by atoms with Crippen LogP contribution in [0.15, 0.2) is 0 Å². The van der Waals surface area contributed by atoms with Gasteiger partial charge in [0.25, 0.3) is 0 Å². The minimum atomic E-state index is -1.02. The number of aliphatic carboxylic acids is 1. The lowest BCUT2D eigenvalue weighted by molar-refractivity contribution is -0.137. The molecule has 106 valence electrons. The van der Waals surface area contributed by atoms with Crippen molar-refractivity contribution in [3.63, 3.8) is 0 Å². The van der Waals surface area contributed by atoms with Gasteiger partial charge in [-0.05, 0) is 13.2 Å². The molecular weight excluding hydrogens is 256 g/mol. The van der Waals surface area contributed by atoms with E-state index in [0.717, 1.165) is 5.75 Å². The van der Waals surface area contributed by atoms with Gasteiger partial charge in [0.2, 0.25) is 0 Å². The van der Waals surface area contributed by atoms with Crippen LogP contribution in [0, 0.1) is 0 Å². The number of amides is 2. The van der Waals surface area contributed by atoms with Gasteiger partial charge in [-0.1, -0.05) is 0 Å². The van der Waals surface area contributed by atoms with Gasteiger partial charge in [-0.15, -0.1) is 0 Å². The summed E-state index contributed by atoms with van der Waals surface area (Å²) in [6, 6.07) is -0.220. The summed E-state index contributed by atoms with van der Waals surface area (Å²) >= 11 is 1.65. The zero-order valence-electron chi connectivity index (χ0n) is 11.4. The molecule has 0 saturated heterocycles. The molecule has 1 unspecified atom stereocenters. The number of ether oxygens (including phenoxy) is 1. The van der Waals surface area contributed by atoms with E-state index < -0.39 is 5.97 Å². The molecule has 0 radical (unpaired) electrons. The maximum Gasteiger partial charge on any atom is 0.323 e. The Morgan fingerprint density at radius 3 is 2.50 bits per heavy atom. The van der Waals surface area contributed by atoms with Crippen molar-refractivity contribution in [2.24, 2.45) is 0 Å². The third-order valence-electron chi connectivity index (χ3n) is 2.53. The largest absolute Gasteiger partial charge is 0.480 e. The highest BCUT2D eigenvalue weighted by Gasteiger charge is 2.23. The summed E-state index contributed by atoms with van der Waals surface area (Å²) < 4.78 is 4.88. The number of methoxy groups -OCH3 is 1. The molecule has 6 nitrogen and oxygen atoms in total. The number of carboxylic acids is 1. The van der Waals surface area contributed by atoms with E-state index in [1.807, 2.05) is 13.2 Å². The highest BCUT2D eigenvalue weighted by molar-refractivity contribution is 7.98. The smallest absolute Gasteiger partial charge is 0.323 e. The zero-order chi connectivity index (χ0) is 14.1. The van der Waals surface area contributed by atoms with Crippen molar-refractivity contribution in [3.8, 4) is 0 Å². The molecule has 0 heterocycles. The Kier molecular flexibility index (Phi) is 8.57. The second kappa shape index (κ2) is 9.04. The summed E-state index contributed by atoms with van der Waals surface area (Å²) in [4.78, 5) is 25.7. The number of urea groups is 1. The molecule has 0 aromatic heterocycles. The average Bonchev–Trinajstić information content (AvgIpc) is 2.32. The summed E-state index contributed by atoms with van der Waals surface area (Å²) in [6.07, 6.45) is 1.97. The van der Waals surface area contributed by atoms with Crippen LogP contribution >= 0.6 is 11.8 Å². The van der Waals surface area contributed by atoms with Crippen LogP contribution in [0.25, 0.3) is 0 Å². The molecule has 0 aliphatic heterocycles. The maximum atomic E-state index is 12.1. The molecule has 0 aromatic rings. The number of rotatable bonds is 8. The zero-order valence-corrected chi connectivity index (χ0v) is 12.2. The lowest BCUT2D eigenvalue weighted by Gasteiger charge is -2.30. The van der Waals surface area contributed by atoms with Crippen LogP contribution in [0.1, 0.15) is 6.92 Å². The Labute approximate surface area is 112 Å². The van der Waals surface area contributed by atoms with Gasteiger partial charge in [0, 0.05) is 32.5 Å². The van der Waals surface area contributed by atoms with Crippen molar-refractivity contribution in [2.75, 3.05) is 45.9 Å². The number of nitrogens with zero attached hydrogens (tertiary/aromatic N) is 2. The minimum Gasteiger partial charge on any atom is -0.480 e. The number of carbonyl (C=O) groups is 2. The van der Waals surface area contributed by atoms with Crippen molar-refractivity contribution < 1.29 is 19.4 Å². The standard InChI is InChI=1S/C11H22N2O4S/c1-9(8-18-4)12(2)11(16)13(5-6-17-3)7-10(14)15/h9H,5-8H2,1-4H3,(H,14,15). The Morgan fingerprint density at radius 1 is 1.44 bits per heavy atom. The normalized spacial score (nSPS) is 12.0. The van der Waals surface area contributed by atoms with Gasteiger partial charge in [-0.3, -0.25) is 4.79 Å². The van der Waals surface area contributed by atoms with E-state index in [9.17, 15) is 9.59 Å². The average molecular weight is 278 g/mol. The monoisotopic (exact) mass is 278 g/mol. The Morgan fingerprint density at radius 2 is 2.06 bits per heavy atom. The van der Waals surface area contributed by atoms with Crippen molar-refractivity contribution in [2.45, 2.75) is 13.0 Å². The molecule has 1 N–H and O–H groups in total. The number of carbonyl (C=O) groups excluding carboxylic acids is 1. The van der Waals surface area contributed by atoms with Gasteiger partial charge in [-0.25, -0.2) is 4.79 Å². The molecule has 0 aliphatic carbocycles. The number of carboxylic acid groups (broad SMARTS) is 1. The molecule has 0 aromatic carbocycles. The summed E-state index contributed by atoms with van der Waals surface area (Å²) in [6.45, 7) is 2.23. The summed E-state index contributed by atoms with van der Waals surface area (Å²) in [5.74, 6) is -0.210. The lowest BCUT2D eigenvalue weighted by Crippen LogP contribution is -2.48. The van der Waals surface area contributed by atoms with E-state index in [0.29, 0.717) is 6.61 Å². The van der Waals surface area contributed by atoms with Crippen LogP contribution < -0.4 is 0 Å². The van der Waals surface area contributed by atoms with Crippen LogP contribution in [0.4, 0.5) is 4.79 Å². The second-order valence-electron chi connectivity index (χ2n) is 4.01. The van der Waals surface area contributed by atoms with Crippen LogP contribution in [0.2, 0.25) is 0 Å². The first-order chi connectivity index (χ1) is 8.43. The molecule has 18 heavy (non-hydrogen) atoms. The van der Waals surface area contributed by atoms with Gasteiger partial charge < -0.3 is 19.6 Å². The molecule has 1 atom stereocenters. The van der Waals surface area contributed by atoms with Crippen molar-refractivity contribution in [3.05, 3.63) is 0 Å². The second-order valence-corrected chi connectivity index (χ2v) is 4.92. The highest BCUT2D eigenvalue weighted by atomic mass is 32.2. The first kappa shape index (κ1) is 17.1. The fourth-order valence-electron chi connectivity index (χ4n) is 1.37. The topological polar surface area (TPSA) is 70.1 Å². The van der Waals surface area contributed by atoms with E-state index >= 15 is 0 Å². The SMILES string of the molecule is COCCN(CC(=O)O)C(=O)N(C)C(C)CSC. The first-order valence-electron chi connectivity index (χ1n) is 5.65. The predicted octanol–water partition coefficient (Wildman–Crippen LogP) is 0.823.